The Morgan fingerprint density at radius 1 is 1.25 bits per heavy atom. The molecule has 1 heterocycles. The van der Waals surface area contributed by atoms with Gasteiger partial charge in [-0.15, -0.1) is 0 Å². The number of likely N-dealkylation sites (tertiary alicyclic amines) is 1. The zero-order valence-electron chi connectivity index (χ0n) is 13.3. The number of hydrogen-bond donors (Lipinski definition) is 0. The molecule has 1 atom stereocenters. The van der Waals surface area contributed by atoms with Crippen molar-refractivity contribution < 1.29 is 19.1 Å². The van der Waals surface area contributed by atoms with Crippen LogP contribution < -0.4 is 0 Å². The number of hydrogen-bond acceptors (Lipinski definition) is 5. The van der Waals surface area contributed by atoms with Crippen LogP contribution in [0.5, 0.6) is 0 Å². The number of ether oxygens (including phenoxy) is 2. The van der Waals surface area contributed by atoms with Crippen molar-refractivity contribution in [2.24, 2.45) is 11.3 Å². The Hall–Kier alpha value is -1.10. The molecule has 1 saturated heterocycles. The Bertz CT molecular complexity index is 346. The van der Waals surface area contributed by atoms with E-state index in [2.05, 4.69) is 18.7 Å². The van der Waals surface area contributed by atoms with E-state index < -0.39 is 5.41 Å². The van der Waals surface area contributed by atoms with Crippen LogP contribution >= 0.6 is 0 Å². The molecule has 0 bridgehead atoms. The fourth-order valence-electron chi connectivity index (χ4n) is 2.23. The third-order valence-electron chi connectivity index (χ3n) is 3.24. The monoisotopic (exact) mass is 285 g/mol. The lowest BCUT2D eigenvalue weighted by Gasteiger charge is -2.24. The first-order valence-electron chi connectivity index (χ1n) is 7.29. The molecule has 0 spiro atoms. The van der Waals surface area contributed by atoms with Gasteiger partial charge in [-0.25, -0.2) is 0 Å². The van der Waals surface area contributed by atoms with Gasteiger partial charge in [-0.3, -0.25) is 14.5 Å². The summed E-state index contributed by atoms with van der Waals surface area (Å²) in [7, 11) is 0. The number of nitrogens with zero attached hydrogens (tertiary/aromatic N) is 1. The molecule has 0 aromatic heterocycles. The van der Waals surface area contributed by atoms with Gasteiger partial charge in [-0.1, -0.05) is 13.8 Å². The van der Waals surface area contributed by atoms with Crippen molar-refractivity contribution in [1.82, 2.24) is 4.90 Å². The summed E-state index contributed by atoms with van der Waals surface area (Å²) in [5, 5.41) is 0. The highest BCUT2D eigenvalue weighted by Gasteiger charge is 2.32. The summed E-state index contributed by atoms with van der Waals surface area (Å²) >= 11 is 0. The summed E-state index contributed by atoms with van der Waals surface area (Å²) in [6.45, 7) is 11.1. The van der Waals surface area contributed by atoms with Crippen molar-refractivity contribution in [1.29, 1.82) is 0 Å². The van der Waals surface area contributed by atoms with E-state index in [1.54, 1.807) is 20.8 Å². The summed E-state index contributed by atoms with van der Waals surface area (Å²) in [6.07, 6.45) is 1.83. The predicted octanol–water partition coefficient (Wildman–Crippen LogP) is 2.20. The molecule has 0 saturated carbocycles. The standard InChI is InChI=1S/C15H27NO4/c1-11(2)9-16-8-6-7-12(16)13(17)19-10-20-14(18)15(3,4)5/h11-12H,6-10H2,1-5H3. The molecule has 0 amide bonds. The first-order valence-corrected chi connectivity index (χ1v) is 7.29. The second kappa shape index (κ2) is 7.07. The van der Waals surface area contributed by atoms with Gasteiger partial charge in [-0.2, -0.15) is 0 Å². The third kappa shape index (κ3) is 5.12. The van der Waals surface area contributed by atoms with Crippen LogP contribution in [-0.4, -0.2) is 42.8 Å². The van der Waals surface area contributed by atoms with E-state index in [1.165, 1.54) is 0 Å². The number of rotatable bonds is 5. The summed E-state index contributed by atoms with van der Waals surface area (Å²) in [5.74, 6) is -0.136. The number of carbonyl (C=O) groups excluding carboxylic acids is 2. The second-order valence-corrected chi connectivity index (χ2v) is 6.81. The molecule has 0 radical (unpaired) electrons. The van der Waals surface area contributed by atoms with Crippen molar-refractivity contribution in [3.05, 3.63) is 0 Å². The third-order valence-corrected chi connectivity index (χ3v) is 3.24. The van der Waals surface area contributed by atoms with Gasteiger partial charge in [-0.05, 0) is 46.1 Å². The van der Waals surface area contributed by atoms with Crippen molar-refractivity contribution >= 4 is 11.9 Å². The average Bonchev–Trinajstić information content (AvgIpc) is 2.74. The van der Waals surface area contributed by atoms with Crippen LogP contribution in [0.25, 0.3) is 0 Å². The Balaban J connectivity index is 2.37. The summed E-state index contributed by atoms with van der Waals surface area (Å²) in [5.41, 5.74) is -0.580. The Labute approximate surface area is 121 Å². The Morgan fingerprint density at radius 3 is 2.45 bits per heavy atom. The SMILES string of the molecule is CC(C)CN1CCCC1C(=O)OCOC(=O)C(C)(C)C. The minimum absolute atomic E-state index is 0.189. The van der Waals surface area contributed by atoms with Crippen molar-refractivity contribution in [2.45, 2.75) is 53.5 Å². The van der Waals surface area contributed by atoms with Crippen LogP contribution in [0.2, 0.25) is 0 Å². The maximum absolute atomic E-state index is 12.0. The van der Waals surface area contributed by atoms with Gasteiger partial charge in [0.1, 0.15) is 6.04 Å². The summed E-state index contributed by atoms with van der Waals surface area (Å²) in [6, 6.07) is -0.189. The van der Waals surface area contributed by atoms with Gasteiger partial charge in [0.15, 0.2) is 0 Å². The molecule has 0 aromatic rings. The maximum Gasteiger partial charge on any atom is 0.326 e. The molecule has 1 aliphatic heterocycles. The van der Waals surface area contributed by atoms with Crippen LogP contribution in [0.15, 0.2) is 0 Å². The number of esters is 2. The summed E-state index contributed by atoms with van der Waals surface area (Å²) in [4.78, 5) is 25.7. The van der Waals surface area contributed by atoms with E-state index in [0.29, 0.717) is 5.92 Å². The first-order chi connectivity index (χ1) is 9.21. The minimum Gasteiger partial charge on any atom is -0.427 e. The maximum atomic E-state index is 12.0. The largest absolute Gasteiger partial charge is 0.427 e. The van der Waals surface area contributed by atoms with Crippen LogP contribution in [0.3, 0.4) is 0 Å². The smallest absolute Gasteiger partial charge is 0.326 e. The van der Waals surface area contributed by atoms with Crippen LogP contribution in [-0.2, 0) is 19.1 Å². The Kier molecular flexibility index (Phi) is 5.99. The number of carbonyl (C=O) groups is 2. The van der Waals surface area contributed by atoms with Crippen molar-refractivity contribution in [3.63, 3.8) is 0 Å². The van der Waals surface area contributed by atoms with Gasteiger partial charge in [0.2, 0.25) is 6.79 Å². The second-order valence-electron chi connectivity index (χ2n) is 6.81. The van der Waals surface area contributed by atoms with E-state index >= 15 is 0 Å². The van der Waals surface area contributed by atoms with E-state index in [9.17, 15) is 9.59 Å². The molecular weight excluding hydrogens is 258 g/mol. The molecule has 116 valence electrons. The average molecular weight is 285 g/mol. The van der Waals surface area contributed by atoms with E-state index in [-0.39, 0.29) is 24.8 Å². The van der Waals surface area contributed by atoms with Gasteiger partial charge in [0.25, 0.3) is 0 Å². The molecule has 5 heteroatoms. The highest BCUT2D eigenvalue weighted by molar-refractivity contribution is 5.77. The zero-order valence-corrected chi connectivity index (χ0v) is 13.3. The van der Waals surface area contributed by atoms with Crippen LogP contribution in [0, 0.1) is 11.3 Å². The molecule has 0 aromatic carbocycles. The van der Waals surface area contributed by atoms with E-state index in [1.807, 2.05) is 0 Å². The van der Waals surface area contributed by atoms with Crippen LogP contribution in [0.4, 0.5) is 0 Å². The normalized spacial score (nSPS) is 20.2. The lowest BCUT2D eigenvalue weighted by atomic mass is 9.98. The van der Waals surface area contributed by atoms with Crippen LogP contribution in [0.1, 0.15) is 47.5 Å². The topological polar surface area (TPSA) is 55.8 Å². The molecule has 1 fully saturated rings. The zero-order chi connectivity index (χ0) is 15.3. The molecular formula is C15H27NO4. The molecule has 1 rings (SSSR count). The fraction of sp³-hybridized carbons (Fsp3) is 0.867. The van der Waals surface area contributed by atoms with Crippen molar-refractivity contribution in [2.75, 3.05) is 19.9 Å². The first kappa shape index (κ1) is 17.0. The fourth-order valence-corrected chi connectivity index (χ4v) is 2.23. The molecule has 0 N–H and O–H groups in total. The van der Waals surface area contributed by atoms with Gasteiger partial charge in [0.05, 0.1) is 5.41 Å². The van der Waals surface area contributed by atoms with E-state index in [0.717, 1.165) is 25.9 Å². The highest BCUT2D eigenvalue weighted by atomic mass is 16.7. The summed E-state index contributed by atoms with van der Waals surface area (Å²) < 4.78 is 10.0. The van der Waals surface area contributed by atoms with Crippen molar-refractivity contribution in [3.8, 4) is 0 Å². The lowest BCUT2D eigenvalue weighted by molar-refractivity contribution is -0.175. The van der Waals surface area contributed by atoms with E-state index in [4.69, 9.17) is 9.47 Å². The molecule has 1 unspecified atom stereocenters. The molecule has 20 heavy (non-hydrogen) atoms. The minimum atomic E-state index is -0.580. The lowest BCUT2D eigenvalue weighted by Crippen LogP contribution is -2.39. The Morgan fingerprint density at radius 2 is 1.90 bits per heavy atom. The predicted molar refractivity (Wildman–Crippen MR) is 75.9 cm³/mol. The van der Waals surface area contributed by atoms with Gasteiger partial charge < -0.3 is 9.47 Å². The van der Waals surface area contributed by atoms with Gasteiger partial charge in [0, 0.05) is 6.54 Å². The highest BCUT2D eigenvalue weighted by Crippen LogP contribution is 2.20. The quantitative estimate of drug-likeness (QED) is 0.572. The van der Waals surface area contributed by atoms with Gasteiger partial charge >= 0.3 is 11.9 Å². The molecule has 0 aliphatic carbocycles. The molecule has 5 nitrogen and oxygen atoms in total. The molecule has 1 aliphatic rings.